The molecule has 0 atom stereocenters. The van der Waals surface area contributed by atoms with Gasteiger partial charge in [-0.15, -0.1) is 0 Å². The number of rotatable bonds is 4. The zero-order valence-corrected chi connectivity index (χ0v) is 15.5. The summed E-state index contributed by atoms with van der Waals surface area (Å²) in [4.78, 5) is 2.03. The molecule has 0 N–H and O–H groups in total. The second kappa shape index (κ2) is 7.80. The van der Waals surface area contributed by atoms with Crippen LogP contribution < -0.4 is 0 Å². The highest BCUT2D eigenvalue weighted by Gasteiger charge is 2.47. The van der Waals surface area contributed by atoms with Gasteiger partial charge >= 0.3 is 0 Å². The van der Waals surface area contributed by atoms with Crippen LogP contribution in [0.25, 0.3) is 0 Å². The van der Waals surface area contributed by atoms with Crippen LogP contribution in [-0.4, -0.2) is 18.0 Å². The summed E-state index contributed by atoms with van der Waals surface area (Å²) in [5.41, 5.74) is -0.561. The zero-order chi connectivity index (χ0) is 19.6. The summed E-state index contributed by atoms with van der Waals surface area (Å²) in [6.45, 7) is 1.27. The Kier molecular flexibility index (Phi) is 5.23. The molecule has 1 aliphatic heterocycles. The predicted octanol–water partition coefficient (Wildman–Crippen LogP) is 5.88. The third-order valence-corrected chi connectivity index (χ3v) is 5.62. The van der Waals surface area contributed by atoms with Crippen LogP contribution in [0.2, 0.25) is 0 Å². The van der Waals surface area contributed by atoms with Crippen molar-refractivity contribution in [3.05, 3.63) is 107 Å². The molecule has 0 spiro atoms. The molecule has 0 aromatic heterocycles. The fraction of sp³-hybridized carbons (Fsp3) is 0.250. The summed E-state index contributed by atoms with van der Waals surface area (Å²) >= 11 is 0. The van der Waals surface area contributed by atoms with E-state index >= 15 is 13.2 Å². The number of hydrogen-bond acceptors (Lipinski definition) is 1. The van der Waals surface area contributed by atoms with Crippen LogP contribution in [0.15, 0.2) is 72.8 Å². The minimum absolute atomic E-state index is 0.270. The molecule has 0 aliphatic carbocycles. The number of halogens is 3. The van der Waals surface area contributed by atoms with Crippen molar-refractivity contribution in [3.63, 3.8) is 0 Å². The molecule has 0 bridgehead atoms. The molecule has 1 saturated heterocycles. The molecule has 0 radical (unpaired) electrons. The molecule has 0 saturated carbocycles. The van der Waals surface area contributed by atoms with Gasteiger partial charge in [0.1, 0.15) is 23.0 Å². The molecule has 4 rings (SSSR count). The summed E-state index contributed by atoms with van der Waals surface area (Å²) in [6.07, 6.45) is 2.86. The van der Waals surface area contributed by atoms with E-state index in [1.165, 1.54) is 18.2 Å². The highest BCUT2D eigenvalue weighted by Crippen LogP contribution is 2.46. The smallest absolute Gasteiger partial charge is 0.128 e. The summed E-state index contributed by atoms with van der Waals surface area (Å²) in [5.74, 6) is -1.42. The van der Waals surface area contributed by atoms with Crippen LogP contribution in [0, 0.1) is 17.5 Å². The van der Waals surface area contributed by atoms with Gasteiger partial charge in [-0.2, -0.15) is 0 Å². The van der Waals surface area contributed by atoms with Crippen molar-refractivity contribution in [1.29, 1.82) is 0 Å². The number of piperidine rings is 1. The van der Waals surface area contributed by atoms with Gasteiger partial charge in [0, 0.05) is 16.7 Å². The van der Waals surface area contributed by atoms with E-state index in [2.05, 4.69) is 0 Å². The van der Waals surface area contributed by atoms with E-state index in [1.807, 2.05) is 4.90 Å². The average Bonchev–Trinajstić information content (AvgIpc) is 2.73. The molecule has 1 heterocycles. The van der Waals surface area contributed by atoms with Gasteiger partial charge in [-0.05, 0) is 44.1 Å². The summed E-state index contributed by atoms with van der Waals surface area (Å²) in [6, 6.07) is 19.0. The van der Waals surface area contributed by atoms with Crippen LogP contribution in [0.1, 0.15) is 36.0 Å². The minimum atomic E-state index is -1.37. The van der Waals surface area contributed by atoms with Gasteiger partial charge in [0.2, 0.25) is 0 Å². The van der Waals surface area contributed by atoms with Crippen molar-refractivity contribution < 1.29 is 13.2 Å². The molecule has 28 heavy (non-hydrogen) atoms. The first-order valence-corrected chi connectivity index (χ1v) is 9.66. The molecule has 3 aromatic carbocycles. The Morgan fingerprint density at radius 3 is 1.25 bits per heavy atom. The van der Waals surface area contributed by atoms with E-state index in [9.17, 15) is 0 Å². The Hall–Kier alpha value is -2.59. The summed E-state index contributed by atoms with van der Waals surface area (Å²) in [7, 11) is 0. The first-order chi connectivity index (χ1) is 13.7. The maximum absolute atomic E-state index is 15.2. The largest absolute Gasteiger partial charge is 0.286 e. The zero-order valence-electron chi connectivity index (χ0n) is 15.5. The Bertz CT molecular complexity index is 852. The first kappa shape index (κ1) is 18.8. The number of nitrogens with zero attached hydrogens (tertiary/aromatic N) is 1. The standard InChI is InChI=1S/C24H22F3N/c25-21-13-5-2-10-18(21)24(28-16-8-1-9-17-28,19-11-3-6-14-22(19)26)20-12-4-7-15-23(20)27/h2-7,10-15H,1,8-9,16-17H2. The lowest BCUT2D eigenvalue weighted by Crippen LogP contribution is -2.51. The highest BCUT2D eigenvalue weighted by molar-refractivity contribution is 5.51. The fourth-order valence-corrected chi connectivity index (χ4v) is 4.44. The van der Waals surface area contributed by atoms with Crippen LogP contribution in [0.3, 0.4) is 0 Å². The molecular weight excluding hydrogens is 359 g/mol. The average molecular weight is 381 g/mol. The first-order valence-electron chi connectivity index (χ1n) is 9.66. The fourth-order valence-electron chi connectivity index (χ4n) is 4.44. The van der Waals surface area contributed by atoms with Crippen molar-refractivity contribution in [2.45, 2.75) is 24.8 Å². The van der Waals surface area contributed by atoms with Crippen LogP contribution in [0.4, 0.5) is 13.2 Å². The number of likely N-dealkylation sites (tertiary alicyclic amines) is 1. The van der Waals surface area contributed by atoms with Gasteiger partial charge in [-0.3, -0.25) is 4.90 Å². The molecule has 4 heteroatoms. The van der Waals surface area contributed by atoms with Crippen molar-refractivity contribution in [1.82, 2.24) is 4.90 Å². The summed E-state index contributed by atoms with van der Waals surface area (Å²) in [5, 5.41) is 0. The second-order valence-electron chi connectivity index (χ2n) is 7.20. The van der Waals surface area contributed by atoms with E-state index in [1.54, 1.807) is 54.6 Å². The topological polar surface area (TPSA) is 3.24 Å². The van der Waals surface area contributed by atoms with Gasteiger partial charge in [0.25, 0.3) is 0 Å². The van der Waals surface area contributed by atoms with Gasteiger partial charge in [0.05, 0.1) is 0 Å². The van der Waals surface area contributed by atoms with Crippen molar-refractivity contribution in [2.24, 2.45) is 0 Å². The monoisotopic (exact) mass is 381 g/mol. The lowest BCUT2D eigenvalue weighted by Gasteiger charge is -2.47. The van der Waals surface area contributed by atoms with E-state index in [0.29, 0.717) is 13.1 Å². The Balaban J connectivity index is 2.13. The van der Waals surface area contributed by atoms with E-state index in [0.717, 1.165) is 19.3 Å². The molecule has 0 unspecified atom stereocenters. The Morgan fingerprint density at radius 2 is 0.893 bits per heavy atom. The van der Waals surface area contributed by atoms with E-state index < -0.39 is 23.0 Å². The van der Waals surface area contributed by atoms with E-state index in [-0.39, 0.29) is 16.7 Å². The van der Waals surface area contributed by atoms with Crippen molar-refractivity contribution in [2.75, 3.05) is 13.1 Å². The van der Waals surface area contributed by atoms with Gasteiger partial charge in [-0.25, -0.2) is 13.2 Å². The van der Waals surface area contributed by atoms with Crippen LogP contribution in [-0.2, 0) is 5.54 Å². The quantitative estimate of drug-likeness (QED) is 0.510. The molecule has 1 nitrogen and oxygen atoms in total. The second-order valence-corrected chi connectivity index (χ2v) is 7.20. The lowest BCUT2D eigenvalue weighted by molar-refractivity contribution is 0.118. The Morgan fingerprint density at radius 1 is 0.536 bits per heavy atom. The number of hydrogen-bond donors (Lipinski definition) is 0. The summed E-state index contributed by atoms with van der Waals surface area (Å²) < 4.78 is 45.6. The molecule has 1 aliphatic rings. The molecule has 144 valence electrons. The minimum Gasteiger partial charge on any atom is -0.286 e. The molecule has 1 fully saturated rings. The normalized spacial score (nSPS) is 15.5. The highest BCUT2D eigenvalue weighted by atomic mass is 19.1. The molecular formula is C24H22F3N. The van der Waals surface area contributed by atoms with E-state index in [4.69, 9.17) is 0 Å². The SMILES string of the molecule is Fc1ccccc1C(c1ccccc1F)(c1ccccc1F)N1CCCCC1. The maximum atomic E-state index is 15.2. The maximum Gasteiger partial charge on any atom is 0.128 e. The molecule has 0 amide bonds. The third kappa shape index (κ3) is 3.02. The van der Waals surface area contributed by atoms with Crippen LogP contribution >= 0.6 is 0 Å². The Labute approximate surface area is 163 Å². The van der Waals surface area contributed by atoms with Crippen molar-refractivity contribution >= 4 is 0 Å². The predicted molar refractivity (Wildman–Crippen MR) is 105 cm³/mol. The molecule has 3 aromatic rings. The lowest BCUT2D eigenvalue weighted by atomic mass is 9.74. The van der Waals surface area contributed by atoms with Gasteiger partial charge in [-0.1, -0.05) is 61.0 Å². The third-order valence-electron chi connectivity index (χ3n) is 5.62. The number of benzene rings is 3. The van der Waals surface area contributed by atoms with Gasteiger partial charge < -0.3 is 0 Å². The van der Waals surface area contributed by atoms with Gasteiger partial charge in [0.15, 0.2) is 0 Å². The van der Waals surface area contributed by atoms with Crippen LogP contribution in [0.5, 0.6) is 0 Å². The van der Waals surface area contributed by atoms with Crippen molar-refractivity contribution in [3.8, 4) is 0 Å².